The standard InChI is InChI=1S/C17H18ClN5O2/c1-20-15(24)13-6-7-14(22-21-13)23-9-17(10-23,16(19)25)8-11-2-4-12(18)5-3-11/h2-7H,8-10H2,1H3,(H2,19,25)(H,20,24). The number of nitrogens with two attached hydrogens (primary N) is 1. The largest absolute Gasteiger partial charge is 0.369 e. The fourth-order valence-electron chi connectivity index (χ4n) is 2.94. The lowest BCUT2D eigenvalue weighted by atomic mass is 9.74. The number of carbonyl (C=O) groups is 2. The van der Waals surface area contributed by atoms with Crippen LogP contribution in [0.5, 0.6) is 0 Å². The molecule has 1 fully saturated rings. The molecule has 3 rings (SSSR count). The van der Waals surface area contributed by atoms with E-state index in [1.807, 2.05) is 17.0 Å². The van der Waals surface area contributed by atoms with Gasteiger partial charge >= 0.3 is 0 Å². The van der Waals surface area contributed by atoms with E-state index in [-0.39, 0.29) is 17.5 Å². The highest BCUT2D eigenvalue weighted by Gasteiger charge is 2.48. The summed E-state index contributed by atoms with van der Waals surface area (Å²) in [6.45, 7) is 0.915. The van der Waals surface area contributed by atoms with E-state index < -0.39 is 5.41 Å². The van der Waals surface area contributed by atoms with Crippen LogP contribution in [-0.4, -0.2) is 42.1 Å². The number of aromatic nitrogens is 2. The van der Waals surface area contributed by atoms with E-state index >= 15 is 0 Å². The van der Waals surface area contributed by atoms with E-state index in [0.29, 0.717) is 30.4 Å². The van der Waals surface area contributed by atoms with Crippen LogP contribution in [0.1, 0.15) is 16.1 Å². The molecule has 1 saturated heterocycles. The number of benzene rings is 1. The van der Waals surface area contributed by atoms with Crippen molar-refractivity contribution >= 4 is 29.2 Å². The summed E-state index contributed by atoms with van der Waals surface area (Å²) >= 11 is 5.90. The van der Waals surface area contributed by atoms with Crippen molar-refractivity contribution in [2.75, 3.05) is 25.0 Å². The molecule has 0 saturated carbocycles. The Morgan fingerprint density at radius 3 is 2.40 bits per heavy atom. The van der Waals surface area contributed by atoms with Gasteiger partial charge in [0.25, 0.3) is 5.91 Å². The molecule has 1 aliphatic heterocycles. The second-order valence-electron chi connectivity index (χ2n) is 6.16. The smallest absolute Gasteiger partial charge is 0.271 e. The topological polar surface area (TPSA) is 101 Å². The van der Waals surface area contributed by atoms with Crippen molar-refractivity contribution < 1.29 is 9.59 Å². The van der Waals surface area contributed by atoms with Gasteiger partial charge in [0.05, 0.1) is 5.41 Å². The zero-order chi connectivity index (χ0) is 18.0. The minimum Gasteiger partial charge on any atom is -0.369 e. The van der Waals surface area contributed by atoms with Crippen molar-refractivity contribution in [3.8, 4) is 0 Å². The van der Waals surface area contributed by atoms with Crippen LogP contribution in [0.15, 0.2) is 36.4 Å². The zero-order valence-electron chi connectivity index (χ0n) is 13.7. The molecular formula is C17H18ClN5O2. The summed E-state index contributed by atoms with van der Waals surface area (Å²) in [5.74, 6) is -0.0221. The molecule has 0 spiro atoms. The average Bonchev–Trinajstić information content (AvgIpc) is 2.58. The number of anilines is 1. The van der Waals surface area contributed by atoms with Gasteiger partial charge in [-0.2, -0.15) is 0 Å². The number of nitrogens with one attached hydrogen (secondary N) is 1. The third-order valence-corrected chi connectivity index (χ3v) is 4.65. The van der Waals surface area contributed by atoms with Crippen molar-refractivity contribution in [3.05, 3.63) is 52.7 Å². The lowest BCUT2D eigenvalue weighted by Gasteiger charge is -2.48. The molecule has 0 radical (unpaired) electrons. The van der Waals surface area contributed by atoms with Gasteiger partial charge in [0, 0.05) is 25.2 Å². The highest BCUT2D eigenvalue weighted by Crippen LogP contribution is 2.36. The first-order valence-corrected chi connectivity index (χ1v) is 8.16. The molecule has 7 nitrogen and oxygen atoms in total. The zero-order valence-corrected chi connectivity index (χ0v) is 14.5. The van der Waals surface area contributed by atoms with Gasteiger partial charge in [0.2, 0.25) is 5.91 Å². The van der Waals surface area contributed by atoms with Crippen LogP contribution in [0.2, 0.25) is 5.02 Å². The maximum Gasteiger partial charge on any atom is 0.271 e. The molecule has 1 aliphatic rings. The van der Waals surface area contributed by atoms with Crippen LogP contribution < -0.4 is 16.0 Å². The number of primary amides is 1. The molecule has 1 aromatic carbocycles. The first-order valence-electron chi connectivity index (χ1n) is 7.79. The molecule has 130 valence electrons. The van der Waals surface area contributed by atoms with Crippen LogP contribution in [-0.2, 0) is 11.2 Å². The summed E-state index contributed by atoms with van der Waals surface area (Å²) in [5.41, 5.74) is 6.26. The molecular weight excluding hydrogens is 342 g/mol. The molecule has 2 amide bonds. The number of amides is 2. The molecule has 8 heteroatoms. The van der Waals surface area contributed by atoms with Crippen molar-refractivity contribution in [2.24, 2.45) is 11.1 Å². The van der Waals surface area contributed by atoms with Crippen LogP contribution in [0.25, 0.3) is 0 Å². The van der Waals surface area contributed by atoms with Crippen molar-refractivity contribution in [1.29, 1.82) is 0 Å². The van der Waals surface area contributed by atoms with Gasteiger partial charge in [-0.15, -0.1) is 10.2 Å². The quantitative estimate of drug-likeness (QED) is 0.830. The molecule has 0 bridgehead atoms. The van der Waals surface area contributed by atoms with E-state index in [1.54, 1.807) is 24.3 Å². The minimum atomic E-state index is -0.644. The predicted octanol–water partition coefficient (Wildman–Crippen LogP) is 1.02. The molecule has 25 heavy (non-hydrogen) atoms. The Kier molecular flexibility index (Phi) is 4.59. The van der Waals surface area contributed by atoms with E-state index in [4.69, 9.17) is 17.3 Å². The molecule has 0 aliphatic carbocycles. The Hall–Kier alpha value is -2.67. The van der Waals surface area contributed by atoms with Gasteiger partial charge in [0.1, 0.15) is 0 Å². The predicted molar refractivity (Wildman–Crippen MR) is 94.4 cm³/mol. The summed E-state index contributed by atoms with van der Waals surface area (Å²) in [7, 11) is 1.53. The second kappa shape index (κ2) is 6.68. The lowest BCUT2D eigenvalue weighted by molar-refractivity contribution is -0.129. The Morgan fingerprint density at radius 2 is 1.88 bits per heavy atom. The lowest BCUT2D eigenvalue weighted by Crippen LogP contribution is -2.64. The Labute approximate surface area is 150 Å². The number of halogens is 1. The Balaban J connectivity index is 1.71. The first kappa shape index (κ1) is 17.2. The molecule has 2 aromatic rings. The van der Waals surface area contributed by atoms with Crippen molar-refractivity contribution in [3.63, 3.8) is 0 Å². The fourth-order valence-corrected chi connectivity index (χ4v) is 3.06. The van der Waals surface area contributed by atoms with Gasteiger partial charge in [0.15, 0.2) is 11.5 Å². The normalized spacial score (nSPS) is 15.4. The summed E-state index contributed by atoms with van der Waals surface area (Å²) < 4.78 is 0. The van der Waals surface area contributed by atoms with Gasteiger partial charge < -0.3 is 16.0 Å². The Morgan fingerprint density at radius 1 is 1.20 bits per heavy atom. The van der Waals surface area contributed by atoms with Gasteiger partial charge in [-0.1, -0.05) is 23.7 Å². The van der Waals surface area contributed by atoms with Crippen molar-refractivity contribution in [2.45, 2.75) is 6.42 Å². The molecule has 2 heterocycles. The maximum absolute atomic E-state index is 12.0. The van der Waals surface area contributed by atoms with Crippen LogP contribution in [0.4, 0.5) is 5.82 Å². The number of rotatable bonds is 5. The summed E-state index contributed by atoms with van der Waals surface area (Å²) in [5, 5.41) is 11.1. The fraction of sp³-hybridized carbons (Fsp3) is 0.294. The van der Waals surface area contributed by atoms with Crippen LogP contribution in [0, 0.1) is 5.41 Å². The van der Waals surface area contributed by atoms with Crippen LogP contribution >= 0.6 is 11.6 Å². The number of hydrogen-bond acceptors (Lipinski definition) is 5. The monoisotopic (exact) mass is 359 g/mol. The van der Waals surface area contributed by atoms with E-state index in [2.05, 4.69) is 15.5 Å². The SMILES string of the molecule is CNC(=O)c1ccc(N2CC(Cc3ccc(Cl)cc3)(C(N)=O)C2)nn1. The number of nitrogens with zero attached hydrogens (tertiary/aromatic N) is 3. The third kappa shape index (κ3) is 3.41. The van der Waals surface area contributed by atoms with E-state index in [0.717, 1.165) is 5.56 Å². The third-order valence-electron chi connectivity index (χ3n) is 4.40. The van der Waals surface area contributed by atoms with E-state index in [1.165, 1.54) is 7.05 Å². The number of hydrogen-bond donors (Lipinski definition) is 2. The summed E-state index contributed by atoms with van der Waals surface area (Å²) in [6.07, 6.45) is 0.541. The molecule has 3 N–H and O–H groups in total. The highest BCUT2D eigenvalue weighted by atomic mass is 35.5. The molecule has 1 aromatic heterocycles. The average molecular weight is 360 g/mol. The minimum absolute atomic E-state index is 0.245. The van der Waals surface area contributed by atoms with E-state index in [9.17, 15) is 9.59 Å². The highest BCUT2D eigenvalue weighted by molar-refractivity contribution is 6.30. The van der Waals surface area contributed by atoms with Crippen molar-refractivity contribution in [1.82, 2.24) is 15.5 Å². The Bertz CT molecular complexity index is 786. The summed E-state index contributed by atoms with van der Waals surface area (Å²) in [4.78, 5) is 25.4. The second-order valence-corrected chi connectivity index (χ2v) is 6.60. The van der Waals surface area contributed by atoms with Gasteiger partial charge in [-0.3, -0.25) is 9.59 Å². The summed E-state index contributed by atoms with van der Waals surface area (Å²) in [6, 6.07) is 10.7. The molecule has 0 unspecified atom stereocenters. The first-order chi connectivity index (χ1) is 11.9. The van der Waals surface area contributed by atoms with Gasteiger partial charge in [-0.25, -0.2) is 0 Å². The van der Waals surface area contributed by atoms with Crippen LogP contribution in [0.3, 0.4) is 0 Å². The maximum atomic E-state index is 12.0. The van der Waals surface area contributed by atoms with Gasteiger partial charge in [-0.05, 0) is 36.2 Å². The molecule has 0 atom stereocenters. The number of carbonyl (C=O) groups excluding carboxylic acids is 2.